The Balaban J connectivity index is 3.07. The Morgan fingerprint density at radius 3 is 2.30 bits per heavy atom. The van der Waals surface area contributed by atoms with Gasteiger partial charge in [-0.1, -0.05) is 45.0 Å². The van der Waals surface area contributed by atoms with Gasteiger partial charge >= 0.3 is 10.2 Å². The smallest absolute Gasteiger partial charge is 0.273 e. The molecule has 0 aromatic heterocycles. The van der Waals surface area contributed by atoms with E-state index in [2.05, 4.69) is 11.3 Å². The summed E-state index contributed by atoms with van der Waals surface area (Å²) in [7, 11) is -3.96. The molecular weight excluding hydrogens is 276 g/mol. The number of hydrogen-bond acceptors (Lipinski definition) is 3. The zero-order chi connectivity index (χ0) is 15.4. The van der Waals surface area contributed by atoms with Gasteiger partial charge in [0.15, 0.2) is 0 Å². The number of anilines is 1. The quantitative estimate of drug-likeness (QED) is 0.848. The second kappa shape index (κ2) is 6.09. The van der Waals surface area contributed by atoms with Crippen molar-refractivity contribution in [2.24, 2.45) is 5.41 Å². The normalized spacial score (nSPS) is 11.8. The number of carbonyl (C=O) groups is 1. The molecule has 1 rings (SSSR count). The number of carbonyl (C=O) groups excluding carboxylic acids is 1. The third-order valence-corrected chi connectivity index (χ3v) is 3.86. The number of benzene rings is 1. The Bertz CT molecular complexity index is 574. The molecule has 0 aliphatic carbocycles. The SMILES string of the molecule is C=CCN(C(=O)C(C)(C)C)S(=O)(=O)Nc1ccccc1. The van der Waals surface area contributed by atoms with E-state index >= 15 is 0 Å². The van der Waals surface area contributed by atoms with E-state index in [9.17, 15) is 13.2 Å². The molecule has 1 aromatic carbocycles. The molecule has 0 spiro atoms. The van der Waals surface area contributed by atoms with E-state index in [4.69, 9.17) is 0 Å². The fraction of sp³-hybridized carbons (Fsp3) is 0.357. The topological polar surface area (TPSA) is 66.5 Å². The van der Waals surface area contributed by atoms with Gasteiger partial charge in [0.1, 0.15) is 0 Å². The van der Waals surface area contributed by atoms with Gasteiger partial charge in [0.2, 0.25) is 5.91 Å². The first-order valence-corrected chi connectivity index (χ1v) is 7.63. The van der Waals surface area contributed by atoms with Gasteiger partial charge < -0.3 is 0 Å². The standard InChI is InChI=1S/C14H20N2O3S/c1-5-11-16(13(17)14(2,3)4)20(18,19)15-12-9-7-6-8-10-12/h5-10,15H,1,11H2,2-4H3. The highest BCUT2D eigenvalue weighted by Gasteiger charge is 2.34. The van der Waals surface area contributed by atoms with Crippen LogP contribution in [0.25, 0.3) is 0 Å². The van der Waals surface area contributed by atoms with E-state index in [1.807, 2.05) is 0 Å². The predicted molar refractivity (Wildman–Crippen MR) is 80.3 cm³/mol. The Labute approximate surface area is 120 Å². The van der Waals surface area contributed by atoms with E-state index in [-0.39, 0.29) is 6.54 Å². The van der Waals surface area contributed by atoms with Crippen molar-refractivity contribution in [2.45, 2.75) is 20.8 Å². The van der Waals surface area contributed by atoms with E-state index in [0.717, 1.165) is 4.31 Å². The van der Waals surface area contributed by atoms with E-state index in [0.29, 0.717) is 5.69 Å². The Morgan fingerprint density at radius 2 is 1.85 bits per heavy atom. The molecular formula is C14H20N2O3S. The van der Waals surface area contributed by atoms with Crippen LogP contribution in [0.4, 0.5) is 5.69 Å². The molecule has 1 N–H and O–H groups in total. The van der Waals surface area contributed by atoms with Gasteiger partial charge in [-0.05, 0) is 12.1 Å². The summed E-state index contributed by atoms with van der Waals surface area (Å²) in [6.45, 7) is 8.44. The van der Waals surface area contributed by atoms with Crippen molar-refractivity contribution >= 4 is 21.8 Å². The summed E-state index contributed by atoms with van der Waals surface area (Å²) in [6.07, 6.45) is 1.38. The highest BCUT2D eigenvalue weighted by molar-refractivity contribution is 7.91. The minimum atomic E-state index is -3.96. The molecule has 20 heavy (non-hydrogen) atoms. The first-order valence-electron chi connectivity index (χ1n) is 6.19. The first kappa shape index (κ1) is 16.2. The van der Waals surface area contributed by atoms with Gasteiger partial charge in [0.25, 0.3) is 0 Å². The minimum Gasteiger partial charge on any atom is -0.273 e. The van der Waals surface area contributed by atoms with Crippen molar-refractivity contribution in [3.8, 4) is 0 Å². The van der Waals surface area contributed by atoms with E-state index < -0.39 is 21.5 Å². The van der Waals surface area contributed by atoms with Crippen molar-refractivity contribution in [1.82, 2.24) is 4.31 Å². The van der Waals surface area contributed by atoms with Crippen LogP contribution in [0.15, 0.2) is 43.0 Å². The Kier molecular flexibility index (Phi) is 4.94. The number of nitrogens with one attached hydrogen (secondary N) is 1. The molecule has 0 atom stereocenters. The number of rotatable bonds is 5. The largest absolute Gasteiger partial charge is 0.326 e. The fourth-order valence-electron chi connectivity index (χ4n) is 1.49. The summed E-state index contributed by atoms with van der Waals surface area (Å²) in [4.78, 5) is 12.3. The van der Waals surface area contributed by atoms with Crippen LogP contribution in [-0.2, 0) is 15.0 Å². The van der Waals surface area contributed by atoms with E-state index in [1.54, 1.807) is 51.1 Å². The monoisotopic (exact) mass is 296 g/mol. The summed E-state index contributed by atoms with van der Waals surface area (Å²) in [5.41, 5.74) is -0.391. The molecule has 110 valence electrons. The highest BCUT2D eigenvalue weighted by Crippen LogP contribution is 2.21. The molecule has 1 aromatic rings. The molecule has 0 aliphatic heterocycles. The van der Waals surface area contributed by atoms with Crippen molar-refractivity contribution in [3.05, 3.63) is 43.0 Å². The molecule has 0 unspecified atom stereocenters. The van der Waals surface area contributed by atoms with Crippen LogP contribution in [0.1, 0.15) is 20.8 Å². The zero-order valence-corrected chi connectivity index (χ0v) is 12.8. The molecule has 0 fully saturated rings. The van der Waals surface area contributed by atoms with Crippen LogP contribution in [0.2, 0.25) is 0 Å². The number of hydrogen-bond donors (Lipinski definition) is 1. The van der Waals surface area contributed by atoms with Crippen molar-refractivity contribution in [1.29, 1.82) is 0 Å². The lowest BCUT2D eigenvalue weighted by Gasteiger charge is -2.28. The van der Waals surface area contributed by atoms with Crippen molar-refractivity contribution < 1.29 is 13.2 Å². The molecule has 0 saturated heterocycles. The molecule has 1 amide bonds. The van der Waals surface area contributed by atoms with Crippen LogP contribution in [0.5, 0.6) is 0 Å². The van der Waals surface area contributed by atoms with E-state index in [1.165, 1.54) is 6.08 Å². The fourth-order valence-corrected chi connectivity index (χ4v) is 2.83. The second-order valence-electron chi connectivity index (χ2n) is 5.35. The lowest BCUT2D eigenvalue weighted by molar-refractivity contribution is -0.133. The van der Waals surface area contributed by atoms with Crippen molar-refractivity contribution in [2.75, 3.05) is 11.3 Å². The number of amides is 1. The van der Waals surface area contributed by atoms with Gasteiger partial charge in [-0.25, -0.2) is 4.31 Å². The van der Waals surface area contributed by atoms with Gasteiger partial charge in [-0.15, -0.1) is 6.58 Å². The Hall–Kier alpha value is -1.82. The third kappa shape index (κ3) is 4.09. The minimum absolute atomic E-state index is 0.0712. The maximum Gasteiger partial charge on any atom is 0.326 e. The molecule has 5 nitrogen and oxygen atoms in total. The molecule has 0 heterocycles. The number of nitrogens with zero attached hydrogens (tertiary/aromatic N) is 1. The first-order chi connectivity index (χ1) is 9.18. The van der Waals surface area contributed by atoms with Crippen LogP contribution < -0.4 is 4.72 Å². The van der Waals surface area contributed by atoms with Crippen molar-refractivity contribution in [3.63, 3.8) is 0 Å². The molecule has 0 radical (unpaired) electrons. The molecule has 0 bridgehead atoms. The summed E-state index contributed by atoms with van der Waals surface area (Å²) >= 11 is 0. The van der Waals surface area contributed by atoms with Crippen LogP contribution in [0, 0.1) is 5.41 Å². The summed E-state index contributed by atoms with van der Waals surface area (Å²) in [5.74, 6) is -0.485. The summed E-state index contributed by atoms with van der Waals surface area (Å²) in [5, 5.41) is 0. The number of para-hydroxylation sites is 1. The third-order valence-electron chi connectivity index (χ3n) is 2.47. The lowest BCUT2D eigenvalue weighted by Crippen LogP contribution is -2.46. The maximum absolute atomic E-state index is 12.3. The lowest BCUT2D eigenvalue weighted by atomic mass is 9.96. The van der Waals surface area contributed by atoms with Crippen LogP contribution in [-0.4, -0.2) is 25.2 Å². The van der Waals surface area contributed by atoms with Gasteiger partial charge in [0.05, 0.1) is 12.2 Å². The Morgan fingerprint density at radius 1 is 1.30 bits per heavy atom. The van der Waals surface area contributed by atoms with Gasteiger partial charge in [0, 0.05) is 5.41 Å². The molecule has 0 saturated carbocycles. The van der Waals surface area contributed by atoms with Crippen LogP contribution >= 0.6 is 0 Å². The zero-order valence-electron chi connectivity index (χ0n) is 12.0. The van der Waals surface area contributed by atoms with Gasteiger partial charge in [-0.3, -0.25) is 9.52 Å². The van der Waals surface area contributed by atoms with Crippen LogP contribution in [0.3, 0.4) is 0 Å². The summed E-state index contributed by atoms with van der Waals surface area (Å²) < 4.78 is 27.8. The highest BCUT2D eigenvalue weighted by atomic mass is 32.2. The summed E-state index contributed by atoms with van der Waals surface area (Å²) in [6, 6.07) is 8.43. The molecule has 6 heteroatoms. The second-order valence-corrected chi connectivity index (χ2v) is 6.94. The molecule has 0 aliphatic rings. The predicted octanol–water partition coefficient (Wildman–Crippen LogP) is 2.40. The van der Waals surface area contributed by atoms with Gasteiger partial charge in [-0.2, -0.15) is 8.42 Å². The maximum atomic E-state index is 12.3. The average Bonchev–Trinajstić information content (AvgIpc) is 2.34. The average molecular weight is 296 g/mol.